The zero-order valence-corrected chi connectivity index (χ0v) is 7.08. The normalized spacial score (nSPS) is 14.0. The van der Waals surface area contributed by atoms with E-state index in [1.54, 1.807) is 18.3 Å². The van der Waals surface area contributed by atoms with Crippen LogP contribution in [0.2, 0.25) is 0 Å². The van der Waals surface area contributed by atoms with E-state index < -0.39 is 0 Å². The molecule has 0 fully saturated rings. The molecule has 1 aliphatic heterocycles. The number of hydrogen-bond acceptors (Lipinski definition) is 3. The lowest BCUT2D eigenvalue weighted by molar-refractivity contribution is 0.474. The van der Waals surface area contributed by atoms with Crippen LogP contribution >= 0.6 is 11.9 Å². The smallest absolute Gasteiger partial charge is 0.116 e. The minimum absolute atomic E-state index is 0.293. The summed E-state index contributed by atoms with van der Waals surface area (Å²) < 4.78 is 4.07. The fourth-order valence-electron chi connectivity index (χ4n) is 1.02. The molecule has 60 valence electrons. The first-order chi connectivity index (χ1) is 5.86. The standard InChI is InChI=1S/C9H7NOS/c11-8-3-4-9-7(6-8)2-1-5-10-12-9/h1-6,11H. The first kappa shape index (κ1) is 7.43. The predicted molar refractivity (Wildman–Crippen MR) is 51.5 cm³/mol. The van der Waals surface area contributed by atoms with Crippen molar-refractivity contribution in [2.75, 3.05) is 0 Å². The average Bonchev–Trinajstić information content (AvgIpc) is 2.28. The van der Waals surface area contributed by atoms with Gasteiger partial charge in [-0.1, -0.05) is 6.08 Å². The summed E-state index contributed by atoms with van der Waals surface area (Å²) in [5, 5.41) is 9.20. The second-order valence-corrected chi connectivity index (χ2v) is 3.26. The zero-order valence-electron chi connectivity index (χ0n) is 6.27. The van der Waals surface area contributed by atoms with Crippen molar-refractivity contribution in [3.63, 3.8) is 0 Å². The summed E-state index contributed by atoms with van der Waals surface area (Å²) in [7, 11) is 0. The van der Waals surface area contributed by atoms with E-state index in [0.29, 0.717) is 5.75 Å². The quantitative estimate of drug-likeness (QED) is 0.617. The molecule has 1 aromatic rings. The highest BCUT2D eigenvalue weighted by Crippen LogP contribution is 2.28. The number of phenolic OH excluding ortho intramolecular Hbond substituents is 1. The van der Waals surface area contributed by atoms with Gasteiger partial charge in [0.25, 0.3) is 0 Å². The molecule has 1 N–H and O–H groups in total. The van der Waals surface area contributed by atoms with Crippen LogP contribution in [0, 0.1) is 0 Å². The van der Waals surface area contributed by atoms with Crippen molar-refractivity contribution in [1.82, 2.24) is 0 Å². The number of hydrogen-bond donors (Lipinski definition) is 1. The lowest BCUT2D eigenvalue weighted by Gasteiger charge is -2.00. The molecule has 0 unspecified atom stereocenters. The van der Waals surface area contributed by atoms with E-state index in [1.807, 2.05) is 18.2 Å². The number of benzene rings is 1. The molecule has 0 atom stereocenters. The maximum absolute atomic E-state index is 9.20. The van der Waals surface area contributed by atoms with Gasteiger partial charge in [-0.25, -0.2) is 4.40 Å². The van der Waals surface area contributed by atoms with E-state index >= 15 is 0 Å². The van der Waals surface area contributed by atoms with Crippen molar-refractivity contribution >= 4 is 24.2 Å². The second kappa shape index (κ2) is 3.03. The zero-order chi connectivity index (χ0) is 8.39. The predicted octanol–water partition coefficient (Wildman–Crippen LogP) is 2.50. The average molecular weight is 177 g/mol. The summed E-state index contributed by atoms with van der Waals surface area (Å²) in [5.74, 6) is 0.293. The van der Waals surface area contributed by atoms with E-state index in [9.17, 15) is 5.11 Å². The maximum Gasteiger partial charge on any atom is 0.116 e. The van der Waals surface area contributed by atoms with E-state index in [1.165, 1.54) is 11.9 Å². The fraction of sp³-hybridized carbons (Fsp3) is 0. The molecular formula is C9H7NOS. The van der Waals surface area contributed by atoms with Gasteiger partial charge in [0.1, 0.15) is 5.75 Å². The van der Waals surface area contributed by atoms with Crippen molar-refractivity contribution in [2.24, 2.45) is 4.40 Å². The van der Waals surface area contributed by atoms with Gasteiger partial charge < -0.3 is 5.11 Å². The maximum atomic E-state index is 9.20. The largest absolute Gasteiger partial charge is 0.508 e. The summed E-state index contributed by atoms with van der Waals surface area (Å²) in [5.41, 5.74) is 1.01. The first-order valence-electron chi connectivity index (χ1n) is 3.56. The van der Waals surface area contributed by atoms with Crippen LogP contribution in [-0.4, -0.2) is 11.3 Å². The van der Waals surface area contributed by atoms with E-state index in [4.69, 9.17) is 0 Å². The van der Waals surface area contributed by atoms with Crippen molar-refractivity contribution in [1.29, 1.82) is 0 Å². The summed E-state index contributed by atoms with van der Waals surface area (Å²) in [4.78, 5) is 1.07. The molecule has 0 radical (unpaired) electrons. The molecule has 0 spiro atoms. The van der Waals surface area contributed by atoms with Gasteiger partial charge in [0, 0.05) is 23.1 Å². The Kier molecular flexibility index (Phi) is 1.87. The van der Waals surface area contributed by atoms with Crippen LogP contribution < -0.4 is 0 Å². The molecule has 0 saturated carbocycles. The molecule has 1 aliphatic rings. The van der Waals surface area contributed by atoms with Crippen molar-refractivity contribution < 1.29 is 5.11 Å². The summed E-state index contributed by atoms with van der Waals surface area (Å²) >= 11 is 1.41. The fourth-order valence-corrected chi connectivity index (χ4v) is 1.62. The number of allylic oxidation sites excluding steroid dienone is 1. The van der Waals surface area contributed by atoms with Gasteiger partial charge in [0.2, 0.25) is 0 Å². The minimum Gasteiger partial charge on any atom is -0.508 e. The molecule has 0 bridgehead atoms. The van der Waals surface area contributed by atoms with Gasteiger partial charge in [0.15, 0.2) is 0 Å². The van der Waals surface area contributed by atoms with Gasteiger partial charge in [-0.05, 0) is 29.8 Å². The van der Waals surface area contributed by atoms with Gasteiger partial charge >= 0.3 is 0 Å². The molecule has 12 heavy (non-hydrogen) atoms. The summed E-state index contributed by atoms with van der Waals surface area (Å²) in [6.45, 7) is 0. The molecule has 3 heteroatoms. The van der Waals surface area contributed by atoms with Crippen LogP contribution in [0.1, 0.15) is 5.56 Å². The third kappa shape index (κ3) is 1.36. The number of aromatic hydroxyl groups is 1. The number of nitrogens with zero attached hydrogens (tertiary/aromatic N) is 1. The molecule has 0 amide bonds. The third-order valence-electron chi connectivity index (χ3n) is 1.57. The van der Waals surface area contributed by atoms with Gasteiger partial charge in [0.05, 0.1) is 0 Å². The lowest BCUT2D eigenvalue weighted by atomic mass is 10.2. The Bertz CT molecular complexity index is 358. The number of phenols is 1. The lowest BCUT2D eigenvalue weighted by Crippen LogP contribution is -1.76. The van der Waals surface area contributed by atoms with Crippen molar-refractivity contribution in [3.05, 3.63) is 29.8 Å². The van der Waals surface area contributed by atoms with Crippen molar-refractivity contribution in [2.45, 2.75) is 4.90 Å². The summed E-state index contributed by atoms with van der Waals surface area (Å²) in [6.07, 6.45) is 5.53. The Morgan fingerprint density at radius 2 is 2.25 bits per heavy atom. The molecule has 2 rings (SSSR count). The minimum atomic E-state index is 0.293. The molecular weight excluding hydrogens is 170 g/mol. The highest BCUT2D eigenvalue weighted by Gasteiger charge is 2.02. The van der Waals surface area contributed by atoms with E-state index in [0.717, 1.165) is 10.5 Å². The Balaban J connectivity index is 2.53. The third-order valence-corrected chi connectivity index (χ3v) is 2.36. The SMILES string of the molecule is Oc1ccc2c(c1)C=CC=NS2. The van der Waals surface area contributed by atoms with Gasteiger partial charge in [-0.15, -0.1) is 0 Å². The van der Waals surface area contributed by atoms with E-state index in [2.05, 4.69) is 4.40 Å². The first-order valence-corrected chi connectivity index (χ1v) is 4.34. The monoisotopic (exact) mass is 177 g/mol. The Morgan fingerprint density at radius 3 is 3.17 bits per heavy atom. The molecule has 0 aliphatic carbocycles. The molecule has 0 saturated heterocycles. The number of fused-ring (bicyclic) bond motifs is 1. The van der Waals surface area contributed by atoms with Crippen LogP contribution in [-0.2, 0) is 0 Å². The summed E-state index contributed by atoms with van der Waals surface area (Å²) in [6, 6.07) is 5.26. The molecule has 2 nitrogen and oxygen atoms in total. The topological polar surface area (TPSA) is 32.6 Å². The van der Waals surface area contributed by atoms with Crippen LogP contribution in [0.15, 0.2) is 33.6 Å². The van der Waals surface area contributed by atoms with Crippen LogP contribution in [0.3, 0.4) is 0 Å². The van der Waals surface area contributed by atoms with Gasteiger partial charge in [-0.2, -0.15) is 0 Å². The Hall–Kier alpha value is -1.22. The van der Waals surface area contributed by atoms with Crippen molar-refractivity contribution in [3.8, 4) is 5.75 Å². The van der Waals surface area contributed by atoms with Crippen LogP contribution in [0.5, 0.6) is 5.75 Å². The molecule has 1 aromatic carbocycles. The Labute approximate surface area is 74.8 Å². The molecule has 0 aromatic heterocycles. The molecule has 1 heterocycles. The second-order valence-electron chi connectivity index (χ2n) is 2.43. The highest BCUT2D eigenvalue weighted by atomic mass is 32.2. The van der Waals surface area contributed by atoms with Gasteiger partial charge in [-0.3, -0.25) is 0 Å². The number of rotatable bonds is 0. The highest BCUT2D eigenvalue weighted by molar-refractivity contribution is 7.98. The van der Waals surface area contributed by atoms with Crippen LogP contribution in [0.4, 0.5) is 0 Å². The Morgan fingerprint density at radius 1 is 1.33 bits per heavy atom. The van der Waals surface area contributed by atoms with Crippen LogP contribution in [0.25, 0.3) is 6.08 Å². The van der Waals surface area contributed by atoms with E-state index in [-0.39, 0.29) is 0 Å².